The molecule has 180 valence electrons. The lowest BCUT2D eigenvalue weighted by molar-refractivity contribution is 0.174. The van der Waals surface area contributed by atoms with Crippen molar-refractivity contribution in [2.75, 3.05) is 24.5 Å². The molecule has 34 heavy (non-hydrogen) atoms. The number of allylic oxidation sites excluding steroid dienone is 2. The molecule has 8 heteroatoms. The van der Waals surface area contributed by atoms with Crippen LogP contribution >= 0.6 is 11.3 Å². The third-order valence-electron chi connectivity index (χ3n) is 5.90. The normalized spacial score (nSPS) is 13.4. The Bertz CT molecular complexity index is 1330. The minimum absolute atomic E-state index is 0.125. The summed E-state index contributed by atoms with van der Waals surface area (Å²) in [6.45, 7) is 9.48. The van der Waals surface area contributed by atoms with E-state index in [1.807, 2.05) is 18.2 Å². The maximum Gasteiger partial charge on any atom is 0.251 e. The van der Waals surface area contributed by atoms with E-state index in [2.05, 4.69) is 59.9 Å². The third-order valence-corrected chi connectivity index (χ3v) is 8.64. The summed E-state index contributed by atoms with van der Waals surface area (Å²) < 4.78 is 27.6. The van der Waals surface area contributed by atoms with E-state index in [0.717, 1.165) is 28.9 Å². The van der Waals surface area contributed by atoms with E-state index in [9.17, 15) is 18.8 Å². The summed E-state index contributed by atoms with van der Waals surface area (Å²) in [6, 6.07) is 18.4. The van der Waals surface area contributed by atoms with Crippen LogP contribution in [0.5, 0.6) is 0 Å². The van der Waals surface area contributed by atoms with Crippen LogP contribution in [-0.4, -0.2) is 39.3 Å². The van der Waals surface area contributed by atoms with Crippen molar-refractivity contribution in [1.29, 1.82) is 5.26 Å². The lowest BCUT2D eigenvalue weighted by atomic mass is 10.0. The van der Waals surface area contributed by atoms with Gasteiger partial charge < -0.3 is 10.0 Å². The van der Waals surface area contributed by atoms with Crippen LogP contribution in [0.1, 0.15) is 39.0 Å². The summed E-state index contributed by atoms with van der Waals surface area (Å²) in [4.78, 5) is 3.69. The molecule has 1 unspecified atom stereocenters. The molecule has 0 radical (unpaired) electrons. The van der Waals surface area contributed by atoms with Crippen LogP contribution in [0.2, 0.25) is 0 Å². The van der Waals surface area contributed by atoms with Gasteiger partial charge in [-0.05, 0) is 79.4 Å². The predicted octanol–water partition coefficient (Wildman–Crippen LogP) is 5.36. The second-order valence-electron chi connectivity index (χ2n) is 8.06. The molecule has 1 atom stereocenters. The maximum absolute atomic E-state index is 12.6. The van der Waals surface area contributed by atoms with E-state index in [0.29, 0.717) is 16.9 Å². The van der Waals surface area contributed by atoms with E-state index in [1.165, 1.54) is 22.4 Å². The van der Waals surface area contributed by atoms with E-state index >= 15 is 0 Å². The molecule has 3 aromatic rings. The fourth-order valence-electron chi connectivity index (χ4n) is 3.75. The highest BCUT2D eigenvalue weighted by molar-refractivity contribution is 7.93. The number of benzene rings is 2. The largest absolute Gasteiger partial charge is 0.392 e. The van der Waals surface area contributed by atoms with Gasteiger partial charge in [-0.2, -0.15) is 5.26 Å². The zero-order chi connectivity index (χ0) is 24.9. The Labute approximate surface area is 206 Å². The third kappa shape index (κ3) is 5.68. The van der Waals surface area contributed by atoms with Crippen molar-refractivity contribution in [3.8, 4) is 16.5 Å². The SMILES string of the molecule is CCC(O)CNS(=O)(=O)/C(C#N)=C(\C)c1ccc(-c2ccc3cc(N(CC)CC)ccc3c2)s1. The van der Waals surface area contributed by atoms with Crippen molar-refractivity contribution < 1.29 is 13.5 Å². The molecule has 0 amide bonds. The molecular weight excluding hydrogens is 466 g/mol. The van der Waals surface area contributed by atoms with Crippen molar-refractivity contribution in [3.05, 3.63) is 58.3 Å². The number of rotatable bonds is 10. The minimum atomic E-state index is -4.01. The predicted molar refractivity (Wildman–Crippen MR) is 142 cm³/mol. The lowest BCUT2D eigenvalue weighted by Crippen LogP contribution is -2.32. The van der Waals surface area contributed by atoms with E-state index in [1.54, 1.807) is 13.8 Å². The molecule has 6 nitrogen and oxygen atoms in total. The monoisotopic (exact) mass is 497 g/mol. The van der Waals surface area contributed by atoms with Crippen LogP contribution in [0.15, 0.2) is 53.4 Å². The molecule has 0 saturated heterocycles. The van der Waals surface area contributed by atoms with Crippen LogP contribution < -0.4 is 9.62 Å². The molecule has 1 aromatic heterocycles. The molecule has 1 heterocycles. The summed E-state index contributed by atoms with van der Waals surface area (Å²) in [5, 5.41) is 21.5. The topological polar surface area (TPSA) is 93.4 Å². The molecule has 0 aliphatic carbocycles. The van der Waals surface area contributed by atoms with Crippen LogP contribution in [0.25, 0.3) is 26.8 Å². The standard InChI is InChI=1S/C26H31N3O3S2/c1-5-23(30)17-28-34(31,32)26(16-27)18(4)24-12-13-25(33-24)21-9-8-20-15-22(29(6-2)7-3)11-10-19(20)14-21/h8-15,23,28,30H,5-7,17H2,1-4H3/b26-18+. The van der Waals surface area contributed by atoms with Gasteiger partial charge in [0.15, 0.2) is 4.91 Å². The summed E-state index contributed by atoms with van der Waals surface area (Å²) >= 11 is 1.45. The molecule has 0 aliphatic heterocycles. The van der Waals surface area contributed by atoms with Gasteiger partial charge in [-0.15, -0.1) is 11.3 Å². The highest BCUT2D eigenvalue weighted by Gasteiger charge is 2.22. The van der Waals surface area contributed by atoms with Gasteiger partial charge in [0.05, 0.1) is 6.10 Å². The smallest absolute Gasteiger partial charge is 0.251 e. The molecule has 0 aliphatic rings. The highest BCUT2D eigenvalue weighted by atomic mass is 32.2. The summed E-state index contributed by atoms with van der Waals surface area (Å²) in [6.07, 6.45) is -0.372. The van der Waals surface area contributed by atoms with Gasteiger partial charge in [-0.3, -0.25) is 0 Å². The average molecular weight is 498 g/mol. The van der Waals surface area contributed by atoms with Gasteiger partial charge in [0, 0.05) is 35.1 Å². The van der Waals surface area contributed by atoms with E-state index < -0.39 is 16.1 Å². The Morgan fingerprint density at radius 1 is 1.09 bits per heavy atom. The van der Waals surface area contributed by atoms with Gasteiger partial charge in [0.25, 0.3) is 10.0 Å². The summed E-state index contributed by atoms with van der Waals surface area (Å²) in [5.41, 5.74) is 2.63. The lowest BCUT2D eigenvalue weighted by Gasteiger charge is -2.21. The van der Waals surface area contributed by atoms with Crippen LogP contribution in [-0.2, 0) is 10.0 Å². The van der Waals surface area contributed by atoms with Crippen LogP contribution in [0.4, 0.5) is 5.69 Å². The zero-order valence-electron chi connectivity index (χ0n) is 20.0. The number of hydrogen-bond acceptors (Lipinski definition) is 6. The van der Waals surface area contributed by atoms with Gasteiger partial charge in [0.1, 0.15) is 6.07 Å². The first-order valence-corrected chi connectivity index (χ1v) is 13.7. The Morgan fingerprint density at radius 3 is 2.41 bits per heavy atom. The van der Waals surface area contributed by atoms with Crippen LogP contribution in [0.3, 0.4) is 0 Å². The number of fused-ring (bicyclic) bond motifs is 1. The first kappa shape index (κ1) is 25.9. The van der Waals surface area contributed by atoms with E-state index in [4.69, 9.17) is 0 Å². The van der Waals surface area contributed by atoms with Crippen molar-refractivity contribution in [1.82, 2.24) is 4.72 Å². The molecular formula is C26H31N3O3S2. The van der Waals surface area contributed by atoms with Gasteiger partial charge in [-0.1, -0.05) is 25.1 Å². The number of aliphatic hydroxyl groups is 1. The molecule has 2 N–H and O–H groups in total. The molecule has 0 saturated carbocycles. The molecule has 0 fully saturated rings. The zero-order valence-corrected chi connectivity index (χ0v) is 21.6. The molecule has 3 rings (SSSR count). The first-order valence-electron chi connectivity index (χ1n) is 11.4. The molecule has 0 spiro atoms. The number of nitrogens with zero attached hydrogens (tertiary/aromatic N) is 2. The first-order chi connectivity index (χ1) is 16.2. The summed E-state index contributed by atoms with van der Waals surface area (Å²) in [5.74, 6) is 0. The fourth-order valence-corrected chi connectivity index (χ4v) is 6.01. The Balaban J connectivity index is 1.91. The van der Waals surface area contributed by atoms with Crippen LogP contribution in [0, 0.1) is 11.3 Å². The quantitative estimate of drug-likeness (QED) is 0.368. The Hall–Kier alpha value is -2.70. The van der Waals surface area contributed by atoms with E-state index in [-0.39, 0.29) is 11.4 Å². The second kappa shape index (κ2) is 11.2. The van der Waals surface area contributed by atoms with Crippen molar-refractivity contribution in [2.45, 2.75) is 40.2 Å². The Kier molecular flexibility index (Phi) is 8.50. The maximum atomic E-state index is 12.6. The second-order valence-corrected chi connectivity index (χ2v) is 10.8. The number of anilines is 1. The number of hydrogen-bond donors (Lipinski definition) is 2. The molecule has 2 aromatic carbocycles. The average Bonchev–Trinajstić information content (AvgIpc) is 3.33. The summed E-state index contributed by atoms with van der Waals surface area (Å²) in [7, 11) is -4.01. The van der Waals surface area contributed by atoms with Gasteiger partial charge in [-0.25, -0.2) is 13.1 Å². The van der Waals surface area contributed by atoms with Crippen molar-refractivity contribution in [2.24, 2.45) is 0 Å². The number of sulfonamides is 1. The van der Waals surface area contributed by atoms with Gasteiger partial charge >= 0.3 is 0 Å². The fraction of sp³-hybridized carbons (Fsp3) is 0.346. The number of nitriles is 1. The number of nitrogens with one attached hydrogen (secondary N) is 1. The molecule has 0 bridgehead atoms. The van der Waals surface area contributed by atoms with Gasteiger partial charge in [0.2, 0.25) is 0 Å². The Morgan fingerprint density at radius 2 is 1.76 bits per heavy atom. The van der Waals surface area contributed by atoms with Crippen molar-refractivity contribution in [3.63, 3.8) is 0 Å². The number of thiophene rings is 1. The number of aliphatic hydroxyl groups excluding tert-OH is 1. The highest BCUT2D eigenvalue weighted by Crippen LogP contribution is 2.35. The minimum Gasteiger partial charge on any atom is -0.392 e. The van der Waals surface area contributed by atoms with Crippen molar-refractivity contribution >= 4 is 43.4 Å².